The van der Waals surface area contributed by atoms with Crippen LogP contribution in [-0.4, -0.2) is 65.7 Å². The van der Waals surface area contributed by atoms with Gasteiger partial charge in [0.15, 0.2) is 35.3 Å². The summed E-state index contributed by atoms with van der Waals surface area (Å²) < 4.78 is 64.2. The fourth-order valence-electron chi connectivity index (χ4n) is 2.98. The Morgan fingerprint density at radius 3 is 1.62 bits per heavy atom. The number of carbonyl (C=O) groups excluding carboxylic acids is 2. The zero-order chi connectivity index (χ0) is 19.7. The van der Waals surface area contributed by atoms with Crippen molar-refractivity contribution in [2.75, 3.05) is 26.4 Å². The lowest BCUT2D eigenvalue weighted by atomic mass is 9.91. The fraction of sp³-hybridized carbons (Fsp3) is 0.467. The summed E-state index contributed by atoms with van der Waals surface area (Å²) in [5.74, 6) is -3.37. The maximum Gasteiger partial charge on any atom is 0.324 e. The summed E-state index contributed by atoms with van der Waals surface area (Å²) in [6, 6.07) is 5.72. The molecular weight excluding hydrogens is 388 g/mol. The van der Waals surface area contributed by atoms with E-state index in [9.17, 15) is 26.4 Å². The minimum atomic E-state index is -4.43. The lowest BCUT2D eigenvalue weighted by molar-refractivity contribution is -0.142. The van der Waals surface area contributed by atoms with Gasteiger partial charge in [-0.25, -0.2) is 16.8 Å². The molecule has 1 heterocycles. The minimum absolute atomic E-state index is 0.156. The van der Waals surface area contributed by atoms with Gasteiger partial charge in [-0.3, -0.25) is 9.59 Å². The van der Waals surface area contributed by atoms with Crippen LogP contribution in [0.1, 0.15) is 11.5 Å². The number of hydrogen-bond donors (Lipinski definition) is 0. The first-order valence-electron chi connectivity index (χ1n) is 7.31. The van der Waals surface area contributed by atoms with E-state index in [0.29, 0.717) is 5.75 Å². The molecule has 1 aromatic carbocycles. The van der Waals surface area contributed by atoms with Crippen molar-refractivity contribution >= 4 is 31.6 Å². The quantitative estimate of drug-likeness (QED) is 0.616. The number of hydrogen-bond acceptors (Lipinski definition) is 9. The van der Waals surface area contributed by atoms with Crippen LogP contribution >= 0.6 is 0 Å². The molecule has 0 aromatic heterocycles. The molecule has 1 aromatic rings. The molecule has 2 rings (SSSR count). The van der Waals surface area contributed by atoms with Gasteiger partial charge in [-0.05, 0) is 17.7 Å². The van der Waals surface area contributed by atoms with Crippen LogP contribution < -0.4 is 4.74 Å². The molecule has 144 valence electrons. The van der Waals surface area contributed by atoms with E-state index in [0.717, 1.165) is 14.2 Å². The Morgan fingerprint density at radius 1 is 0.846 bits per heavy atom. The first-order chi connectivity index (χ1) is 12.1. The maximum atomic E-state index is 12.5. The van der Waals surface area contributed by atoms with Gasteiger partial charge in [0.2, 0.25) is 0 Å². The molecule has 1 fully saturated rings. The van der Waals surface area contributed by atoms with Gasteiger partial charge in [0, 0.05) is 5.92 Å². The highest BCUT2D eigenvalue weighted by molar-refractivity contribution is 8.10. The van der Waals surface area contributed by atoms with Crippen molar-refractivity contribution in [2.45, 2.75) is 16.4 Å². The molecule has 0 unspecified atom stereocenters. The van der Waals surface area contributed by atoms with E-state index in [2.05, 4.69) is 9.47 Å². The van der Waals surface area contributed by atoms with Crippen LogP contribution in [0.25, 0.3) is 0 Å². The molecule has 0 bridgehead atoms. The van der Waals surface area contributed by atoms with Gasteiger partial charge in [-0.2, -0.15) is 0 Å². The molecule has 11 heteroatoms. The summed E-state index contributed by atoms with van der Waals surface area (Å²) in [4.78, 5) is 24.4. The number of sulfone groups is 2. The van der Waals surface area contributed by atoms with Crippen LogP contribution in [0.5, 0.6) is 5.75 Å². The summed E-state index contributed by atoms with van der Waals surface area (Å²) >= 11 is 0. The predicted molar refractivity (Wildman–Crippen MR) is 90.0 cm³/mol. The van der Waals surface area contributed by atoms with Crippen molar-refractivity contribution in [2.24, 2.45) is 0 Å². The molecule has 26 heavy (non-hydrogen) atoms. The molecular formula is C15H18O9S2. The number of benzene rings is 1. The first kappa shape index (κ1) is 20.2. The second kappa shape index (κ2) is 7.23. The van der Waals surface area contributed by atoms with E-state index < -0.39 is 53.1 Å². The molecule has 0 saturated carbocycles. The Kier molecular flexibility index (Phi) is 5.61. The Morgan fingerprint density at radius 2 is 1.27 bits per heavy atom. The highest BCUT2D eigenvalue weighted by Crippen LogP contribution is 2.39. The predicted octanol–water partition coefficient (Wildman–Crippen LogP) is -0.337. The molecule has 0 amide bonds. The van der Waals surface area contributed by atoms with E-state index in [1.165, 1.54) is 31.4 Å². The van der Waals surface area contributed by atoms with Crippen molar-refractivity contribution in [1.29, 1.82) is 0 Å². The van der Waals surface area contributed by atoms with Crippen LogP contribution in [0, 0.1) is 0 Å². The van der Waals surface area contributed by atoms with Gasteiger partial charge in [-0.15, -0.1) is 0 Å². The molecule has 1 aliphatic rings. The van der Waals surface area contributed by atoms with Gasteiger partial charge < -0.3 is 14.2 Å². The zero-order valence-corrected chi connectivity index (χ0v) is 15.9. The van der Waals surface area contributed by atoms with Gasteiger partial charge in [0.1, 0.15) is 5.75 Å². The Labute approximate surface area is 151 Å². The lowest BCUT2D eigenvalue weighted by Crippen LogP contribution is -2.55. The molecule has 9 nitrogen and oxygen atoms in total. The average Bonchev–Trinajstić information content (AvgIpc) is 2.58. The molecule has 1 aliphatic heterocycles. The van der Waals surface area contributed by atoms with Gasteiger partial charge in [0.25, 0.3) is 0 Å². The second-order valence-electron chi connectivity index (χ2n) is 5.63. The third kappa shape index (κ3) is 3.54. The number of rotatable bonds is 4. The second-order valence-corrected chi connectivity index (χ2v) is 10.2. The molecule has 0 aliphatic carbocycles. The molecule has 0 N–H and O–H groups in total. The normalized spacial score (nSPS) is 26.5. The highest BCUT2D eigenvalue weighted by Gasteiger charge is 2.58. The number of carbonyl (C=O) groups is 2. The highest BCUT2D eigenvalue weighted by atomic mass is 32.3. The van der Waals surface area contributed by atoms with Crippen LogP contribution in [0.4, 0.5) is 0 Å². The van der Waals surface area contributed by atoms with E-state index in [-0.39, 0.29) is 5.56 Å². The molecule has 0 spiro atoms. The van der Waals surface area contributed by atoms with Crippen molar-refractivity contribution in [1.82, 2.24) is 0 Å². The minimum Gasteiger partial charge on any atom is -0.497 e. The summed E-state index contributed by atoms with van der Waals surface area (Å²) in [6.07, 6.45) is 0. The molecule has 0 radical (unpaired) electrons. The van der Waals surface area contributed by atoms with E-state index in [1.54, 1.807) is 0 Å². The van der Waals surface area contributed by atoms with Crippen LogP contribution in [0.15, 0.2) is 24.3 Å². The number of esters is 2. The molecule has 2 atom stereocenters. The Bertz CT molecular complexity index is 849. The van der Waals surface area contributed by atoms with Gasteiger partial charge in [0.05, 0.1) is 21.3 Å². The molecule has 1 saturated heterocycles. The van der Waals surface area contributed by atoms with E-state index in [4.69, 9.17) is 4.74 Å². The smallest absolute Gasteiger partial charge is 0.324 e. The third-order valence-corrected chi connectivity index (χ3v) is 9.27. The van der Waals surface area contributed by atoms with E-state index in [1.807, 2.05) is 0 Å². The number of methoxy groups -OCH3 is 3. The standard InChI is InChI=1S/C15H18O9S2/c1-22-10-6-4-9(5-7-10)11-12(14(16)23-2)25(18,19)8-26(20,21)13(11)15(17)24-3/h4-7,11-13H,8H2,1-3H3/t12-,13-/m0/s1. The van der Waals surface area contributed by atoms with Gasteiger partial charge >= 0.3 is 11.9 Å². The largest absolute Gasteiger partial charge is 0.497 e. The van der Waals surface area contributed by atoms with Crippen molar-refractivity contribution < 1.29 is 40.6 Å². The van der Waals surface area contributed by atoms with Crippen molar-refractivity contribution in [3.8, 4) is 5.75 Å². The third-order valence-electron chi connectivity index (χ3n) is 4.12. The topological polar surface area (TPSA) is 130 Å². The summed E-state index contributed by atoms with van der Waals surface area (Å²) in [6.45, 7) is 0. The monoisotopic (exact) mass is 406 g/mol. The van der Waals surface area contributed by atoms with Crippen molar-refractivity contribution in [3.63, 3.8) is 0 Å². The summed E-state index contributed by atoms with van der Waals surface area (Å²) in [5.41, 5.74) is 0.156. The van der Waals surface area contributed by atoms with Crippen LogP contribution in [0.2, 0.25) is 0 Å². The number of ether oxygens (including phenoxy) is 3. The SMILES string of the molecule is COC(=O)[C@@H]1C(c2ccc(OC)cc2)[C@@H](C(=O)OC)S(=O)(=O)CS1(=O)=O. The van der Waals surface area contributed by atoms with E-state index >= 15 is 0 Å². The summed E-state index contributed by atoms with van der Waals surface area (Å²) in [5, 5.41) is -5.05. The zero-order valence-electron chi connectivity index (χ0n) is 14.2. The first-order valence-corrected chi connectivity index (χ1v) is 10.7. The fourth-order valence-corrected chi connectivity index (χ4v) is 8.38. The average molecular weight is 406 g/mol. The lowest BCUT2D eigenvalue weighted by Gasteiger charge is -2.34. The Hall–Kier alpha value is -2.14. The maximum absolute atomic E-state index is 12.5. The Balaban J connectivity index is 2.75. The van der Waals surface area contributed by atoms with Crippen LogP contribution in [0.3, 0.4) is 0 Å². The summed E-state index contributed by atoms with van der Waals surface area (Å²) in [7, 11) is -5.48. The van der Waals surface area contributed by atoms with Crippen LogP contribution in [-0.2, 0) is 38.7 Å². The van der Waals surface area contributed by atoms with Crippen molar-refractivity contribution in [3.05, 3.63) is 29.8 Å². The van der Waals surface area contributed by atoms with Gasteiger partial charge in [-0.1, -0.05) is 12.1 Å².